The molecular formula is C16H24N6O2. The highest BCUT2D eigenvalue weighted by atomic mass is 16.2. The lowest BCUT2D eigenvalue weighted by molar-refractivity contribution is -0.135. The Hall–Kier alpha value is -1.96. The Morgan fingerprint density at radius 2 is 2.17 bits per heavy atom. The van der Waals surface area contributed by atoms with E-state index in [1.54, 1.807) is 0 Å². The number of H-pyrrole nitrogens is 1. The van der Waals surface area contributed by atoms with Gasteiger partial charge in [0.05, 0.1) is 12.2 Å². The van der Waals surface area contributed by atoms with Crippen molar-refractivity contribution >= 4 is 11.8 Å². The van der Waals surface area contributed by atoms with Crippen LogP contribution in [-0.2, 0) is 4.79 Å². The lowest BCUT2D eigenvalue weighted by atomic mass is 9.92. The molecule has 0 bridgehead atoms. The molecule has 2 amide bonds. The van der Waals surface area contributed by atoms with E-state index in [0.717, 1.165) is 32.5 Å². The molecule has 1 aromatic heterocycles. The third-order valence-electron chi connectivity index (χ3n) is 5.68. The summed E-state index contributed by atoms with van der Waals surface area (Å²) in [7, 11) is 0. The smallest absolute Gasteiger partial charge is 0.273 e. The third kappa shape index (κ3) is 2.90. The minimum atomic E-state index is -0.199. The second-order valence-corrected chi connectivity index (χ2v) is 7.14. The van der Waals surface area contributed by atoms with Crippen LogP contribution in [0.1, 0.15) is 42.6 Å². The summed E-state index contributed by atoms with van der Waals surface area (Å²) in [5, 5.41) is 12.8. The Kier molecular flexibility index (Phi) is 4.22. The third-order valence-corrected chi connectivity index (χ3v) is 5.68. The average Bonchev–Trinajstić information content (AvgIpc) is 3.25. The van der Waals surface area contributed by atoms with Gasteiger partial charge in [-0.3, -0.25) is 14.5 Å². The van der Waals surface area contributed by atoms with Crippen LogP contribution in [0.2, 0.25) is 0 Å². The summed E-state index contributed by atoms with van der Waals surface area (Å²) in [6, 6.07) is 0.560. The van der Waals surface area contributed by atoms with Crippen molar-refractivity contribution in [3.05, 3.63) is 11.9 Å². The number of aromatic amines is 1. The summed E-state index contributed by atoms with van der Waals surface area (Å²) in [4.78, 5) is 29.0. The van der Waals surface area contributed by atoms with Crippen LogP contribution >= 0.6 is 0 Å². The Balaban J connectivity index is 1.26. The summed E-state index contributed by atoms with van der Waals surface area (Å²) >= 11 is 0. The van der Waals surface area contributed by atoms with Gasteiger partial charge in [0.1, 0.15) is 0 Å². The first-order valence-corrected chi connectivity index (χ1v) is 8.91. The molecule has 1 aliphatic carbocycles. The first kappa shape index (κ1) is 15.6. The highest BCUT2D eigenvalue weighted by Gasteiger charge is 2.42. The fraction of sp³-hybridized carbons (Fsp3) is 0.750. The molecule has 2 atom stereocenters. The number of nitrogens with one attached hydrogen (secondary N) is 2. The number of likely N-dealkylation sites (tertiary alicyclic amines) is 2. The summed E-state index contributed by atoms with van der Waals surface area (Å²) in [6.45, 7) is 3.36. The summed E-state index contributed by atoms with van der Waals surface area (Å²) in [5.74, 6) is 0.522. The predicted molar refractivity (Wildman–Crippen MR) is 86.2 cm³/mol. The molecule has 3 aliphatic rings. The van der Waals surface area contributed by atoms with E-state index in [0.29, 0.717) is 30.1 Å². The van der Waals surface area contributed by atoms with Crippen molar-refractivity contribution in [2.75, 3.05) is 26.2 Å². The van der Waals surface area contributed by atoms with Crippen molar-refractivity contribution in [1.29, 1.82) is 0 Å². The van der Waals surface area contributed by atoms with E-state index in [-0.39, 0.29) is 11.9 Å². The maximum absolute atomic E-state index is 12.7. The fourth-order valence-electron chi connectivity index (χ4n) is 4.04. The summed E-state index contributed by atoms with van der Waals surface area (Å²) in [6.07, 6.45) is 7.00. The van der Waals surface area contributed by atoms with E-state index >= 15 is 0 Å². The molecule has 2 saturated heterocycles. The van der Waals surface area contributed by atoms with E-state index in [2.05, 4.69) is 30.5 Å². The van der Waals surface area contributed by atoms with Crippen LogP contribution in [0, 0.1) is 5.92 Å². The number of rotatable bonds is 5. The Labute approximate surface area is 141 Å². The highest BCUT2D eigenvalue weighted by Crippen LogP contribution is 2.31. The second kappa shape index (κ2) is 6.51. The van der Waals surface area contributed by atoms with E-state index in [1.165, 1.54) is 25.5 Å². The van der Waals surface area contributed by atoms with Crippen LogP contribution in [-0.4, -0.2) is 75.3 Å². The number of hydrogen-bond acceptors (Lipinski definition) is 5. The molecule has 8 heteroatoms. The molecule has 8 nitrogen and oxygen atoms in total. The van der Waals surface area contributed by atoms with E-state index in [4.69, 9.17) is 0 Å². The SMILES string of the molecule is O=C(NCC1CCN(C2CCN(C3CCC3)C2=O)C1)c1cn[nH]n1. The van der Waals surface area contributed by atoms with Crippen LogP contribution in [0.3, 0.4) is 0 Å². The van der Waals surface area contributed by atoms with Crippen molar-refractivity contribution in [3.63, 3.8) is 0 Å². The van der Waals surface area contributed by atoms with Crippen LogP contribution in [0.5, 0.6) is 0 Å². The number of amides is 2. The molecule has 0 radical (unpaired) electrons. The molecule has 2 N–H and O–H groups in total. The molecule has 0 spiro atoms. The van der Waals surface area contributed by atoms with Crippen LogP contribution in [0.4, 0.5) is 0 Å². The van der Waals surface area contributed by atoms with Gasteiger partial charge >= 0.3 is 0 Å². The number of carbonyl (C=O) groups is 2. The molecule has 0 aromatic carbocycles. The quantitative estimate of drug-likeness (QED) is 0.792. The number of aromatic nitrogens is 3. The minimum absolute atomic E-state index is 0.0573. The molecule has 24 heavy (non-hydrogen) atoms. The largest absolute Gasteiger partial charge is 0.350 e. The Bertz CT molecular complexity index is 600. The Morgan fingerprint density at radius 3 is 2.88 bits per heavy atom. The van der Waals surface area contributed by atoms with Gasteiger partial charge in [0, 0.05) is 25.7 Å². The zero-order valence-electron chi connectivity index (χ0n) is 13.8. The van der Waals surface area contributed by atoms with E-state index < -0.39 is 0 Å². The summed E-state index contributed by atoms with van der Waals surface area (Å²) in [5.41, 5.74) is 0.312. The molecule has 2 unspecified atom stereocenters. The predicted octanol–water partition coefficient (Wildman–Crippen LogP) is 0.00980. The molecule has 3 fully saturated rings. The number of carbonyl (C=O) groups excluding carboxylic acids is 2. The zero-order chi connectivity index (χ0) is 16.5. The van der Waals surface area contributed by atoms with E-state index in [1.807, 2.05) is 0 Å². The molecule has 1 saturated carbocycles. The topological polar surface area (TPSA) is 94.2 Å². The molecular weight excluding hydrogens is 308 g/mol. The highest BCUT2D eigenvalue weighted by molar-refractivity contribution is 5.91. The first-order chi connectivity index (χ1) is 11.7. The molecule has 3 heterocycles. The molecule has 2 aliphatic heterocycles. The van der Waals surface area contributed by atoms with Crippen molar-refractivity contribution in [2.24, 2.45) is 5.92 Å². The lowest BCUT2D eigenvalue weighted by Crippen LogP contribution is -2.46. The Morgan fingerprint density at radius 1 is 1.29 bits per heavy atom. The van der Waals surface area contributed by atoms with Crippen LogP contribution in [0.25, 0.3) is 0 Å². The monoisotopic (exact) mass is 332 g/mol. The maximum Gasteiger partial charge on any atom is 0.273 e. The van der Waals surface area contributed by atoms with Gasteiger partial charge < -0.3 is 10.2 Å². The lowest BCUT2D eigenvalue weighted by Gasteiger charge is -2.35. The second-order valence-electron chi connectivity index (χ2n) is 7.14. The first-order valence-electron chi connectivity index (χ1n) is 8.91. The molecule has 4 rings (SSSR count). The van der Waals surface area contributed by atoms with Crippen LogP contribution < -0.4 is 5.32 Å². The van der Waals surface area contributed by atoms with Gasteiger partial charge in [0.15, 0.2) is 5.69 Å². The van der Waals surface area contributed by atoms with Gasteiger partial charge in [0.25, 0.3) is 5.91 Å². The fourth-order valence-corrected chi connectivity index (χ4v) is 4.04. The van der Waals surface area contributed by atoms with Gasteiger partial charge in [-0.2, -0.15) is 15.4 Å². The number of hydrogen-bond donors (Lipinski definition) is 2. The number of nitrogens with zero attached hydrogens (tertiary/aromatic N) is 4. The van der Waals surface area contributed by atoms with Gasteiger partial charge in [-0.25, -0.2) is 0 Å². The van der Waals surface area contributed by atoms with Crippen molar-refractivity contribution in [1.82, 2.24) is 30.5 Å². The zero-order valence-corrected chi connectivity index (χ0v) is 13.8. The van der Waals surface area contributed by atoms with Gasteiger partial charge in [-0.05, 0) is 44.6 Å². The van der Waals surface area contributed by atoms with Crippen molar-refractivity contribution in [2.45, 2.75) is 44.2 Å². The van der Waals surface area contributed by atoms with Gasteiger partial charge in [-0.15, -0.1) is 0 Å². The van der Waals surface area contributed by atoms with E-state index in [9.17, 15) is 9.59 Å². The maximum atomic E-state index is 12.7. The molecule has 1 aromatic rings. The average molecular weight is 332 g/mol. The molecule has 130 valence electrons. The van der Waals surface area contributed by atoms with Crippen molar-refractivity contribution in [3.8, 4) is 0 Å². The summed E-state index contributed by atoms with van der Waals surface area (Å²) < 4.78 is 0. The standard InChI is InChI=1S/C16H24N6O2/c23-15(13-9-18-20-19-13)17-8-11-4-6-21(10-11)14-5-7-22(16(14)24)12-2-1-3-12/h9,11-12,14H,1-8,10H2,(H,17,23)(H,18,19,20). The van der Waals surface area contributed by atoms with Gasteiger partial charge in [-0.1, -0.05) is 0 Å². The minimum Gasteiger partial charge on any atom is -0.350 e. The van der Waals surface area contributed by atoms with Gasteiger partial charge in [0.2, 0.25) is 5.91 Å². The van der Waals surface area contributed by atoms with Crippen molar-refractivity contribution < 1.29 is 9.59 Å². The normalized spacial score (nSPS) is 28.3. The van der Waals surface area contributed by atoms with Crippen LogP contribution in [0.15, 0.2) is 6.20 Å².